The number of rotatable bonds is 3. The summed E-state index contributed by atoms with van der Waals surface area (Å²) in [5, 5.41) is 2.15. The van der Waals surface area contributed by atoms with Crippen LogP contribution in [0, 0.1) is 5.82 Å². The molecule has 0 atom stereocenters. The highest BCUT2D eigenvalue weighted by Gasteiger charge is 2.32. The molecule has 0 unspecified atom stereocenters. The van der Waals surface area contributed by atoms with Gasteiger partial charge in [-0.2, -0.15) is 13.2 Å². The van der Waals surface area contributed by atoms with Crippen molar-refractivity contribution in [2.24, 2.45) is 0 Å². The zero-order valence-corrected chi connectivity index (χ0v) is 11.8. The van der Waals surface area contributed by atoms with Gasteiger partial charge in [0, 0.05) is 6.92 Å². The number of nitrogens with zero attached hydrogens (tertiary/aromatic N) is 1. The Morgan fingerprint density at radius 3 is 2.50 bits per heavy atom. The normalized spacial score (nSPS) is 11.3. The first kappa shape index (κ1) is 16.1. The van der Waals surface area contributed by atoms with Gasteiger partial charge in [0.25, 0.3) is 5.91 Å². The van der Waals surface area contributed by atoms with Gasteiger partial charge < -0.3 is 0 Å². The fraction of sp³-hybridized carbons (Fsp3) is 0.154. The Balaban J connectivity index is 2.27. The van der Waals surface area contributed by atoms with E-state index in [1.165, 1.54) is 13.1 Å². The largest absolute Gasteiger partial charge is 0.416 e. The predicted octanol–water partition coefficient (Wildman–Crippen LogP) is 3.76. The highest BCUT2D eigenvalue weighted by molar-refractivity contribution is 7.17. The van der Waals surface area contributed by atoms with Crippen molar-refractivity contribution in [1.29, 1.82) is 0 Å². The third-order valence-electron chi connectivity index (χ3n) is 2.61. The van der Waals surface area contributed by atoms with Crippen LogP contribution < -0.4 is 5.32 Å². The fourth-order valence-corrected chi connectivity index (χ4v) is 2.24. The van der Waals surface area contributed by atoms with E-state index in [1.54, 1.807) is 0 Å². The van der Waals surface area contributed by atoms with Gasteiger partial charge in [-0.15, -0.1) is 0 Å². The van der Waals surface area contributed by atoms with Crippen molar-refractivity contribution >= 4 is 28.2 Å². The molecule has 1 aromatic carbocycles. The monoisotopic (exact) mass is 332 g/mol. The molecular formula is C13H8F4N2O2S. The van der Waals surface area contributed by atoms with Gasteiger partial charge in [-0.1, -0.05) is 11.3 Å². The Kier molecular flexibility index (Phi) is 4.27. The lowest BCUT2D eigenvalue weighted by Gasteiger charge is -2.09. The third kappa shape index (κ3) is 3.48. The predicted molar refractivity (Wildman–Crippen MR) is 71.5 cm³/mol. The van der Waals surface area contributed by atoms with Crippen LogP contribution in [-0.2, 0) is 6.18 Å². The van der Waals surface area contributed by atoms with Crippen LogP contribution in [0.4, 0.5) is 22.7 Å². The summed E-state index contributed by atoms with van der Waals surface area (Å²) >= 11 is 0.842. The Hall–Kier alpha value is -2.29. The summed E-state index contributed by atoms with van der Waals surface area (Å²) in [4.78, 5) is 26.9. The molecule has 0 saturated heterocycles. The molecule has 1 amide bonds. The first-order valence-corrected chi connectivity index (χ1v) is 6.65. The highest BCUT2D eigenvalue weighted by atomic mass is 32.1. The first-order valence-electron chi connectivity index (χ1n) is 5.83. The van der Waals surface area contributed by atoms with Crippen LogP contribution in [-0.4, -0.2) is 16.7 Å². The van der Waals surface area contributed by atoms with Gasteiger partial charge in [-0.05, 0) is 18.2 Å². The quantitative estimate of drug-likeness (QED) is 0.688. The number of benzene rings is 1. The van der Waals surface area contributed by atoms with E-state index in [4.69, 9.17) is 0 Å². The van der Waals surface area contributed by atoms with Crippen LogP contribution in [0.5, 0.6) is 0 Å². The summed E-state index contributed by atoms with van der Waals surface area (Å²) in [7, 11) is 0. The minimum absolute atomic E-state index is 0.00740. The molecule has 0 aliphatic carbocycles. The molecule has 0 saturated carbocycles. The summed E-state index contributed by atoms with van der Waals surface area (Å²) in [5.74, 6) is -2.44. The van der Waals surface area contributed by atoms with Crippen LogP contribution in [0.25, 0.3) is 0 Å². The van der Waals surface area contributed by atoms with Crippen molar-refractivity contribution in [3.8, 4) is 0 Å². The maximum Gasteiger partial charge on any atom is 0.416 e. The number of aromatic nitrogens is 1. The molecule has 4 nitrogen and oxygen atoms in total. The van der Waals surface area contributed by atoms with E-state index in [-0.39, 0.29) is 15.8 Å². The van der Waals surface area contributed by atoms with E-state index in [2.05, 4.69) is 10.3 Å². The number of ketones is 1. The molecular weight excluding hydrogens is 324 g/mol. The Bertz CT molecular complexity index is 740. The minimum atomic E-state index is -4.69. The van der Waals surface area contributed by atoms with Crippen LogP contribution in [0.3, 0.4) is 0 Å². The lowest BCUT2D eigenvalue weighted by atomic mass is 10.1. The molecule has 0 aliphatic rings. The summed E-state index contributed by atoms with van der Waals surface area (Å²) < 4.78 is 51.3. The van der Waals surface area contributed by atoms with Gasteiger partial charge in [0.05, 0.1) is 22.2 Å². The first-order chi connectivity index (χ1) is 10.2. The number of hydrogen-bond donors (Lipinski definition) is 1. The van der Waals surface area contributed by atoms with E-state index < -0.39 is 29.0 Å². The van der Waals surface area contributed by atoms with Crippen LogP contribution in [0.15, 0.2) is 24.4 Å². The molecule has 22 heavy (non-hydrogen) atoms. The molecule has 1 N–H and O–H groups in total. The summed E-state index contributed by atoms with van der Waals surface area (Å²) in [5.41, 5.74) is -1.89. The summed E-state index contributed by atoms with van der Waals surface area (Å²) in [6.07, 6.45) is -3.48. The molecule has 0 fully saturated rings. The number of carbonyl (C=O) groups excluding carboxylic acids is 2. The molecule has 0 aliphatic heterocycles. The number of thiazole rings is 1. The number of alkyl halides is 3. The number of anilines is 1. The van der Waals surface area contributed by atoms with Crippen molar-refractivity contribution in [1.82, 2.24) is 4.98 Å². The van der Waals surface area contributed by atoms with Crippen molar-refractivity contribution in [2.45, 2.75) is 13.1 Å². The van der Waals surface area contributed by atoms with E-state index in [9.17, 15) is 27.2 Å². The smallest absolute Gasteiger partial charge is 0.298 e. The van der Waals surface area contributed by atoms with Gasteiger partial charge in [-0.25, -0.2) is 9.37 Å². The maximum atomic E-state index is 13.5. The average molecular weight is 332 g/mol. The van der Waals surface area contributed by atoms with Gasteiger partial charge in [0.15, 0.2) is 10.9 Å². The second kappa shape index (κ2) is 5.84. The molecule has 1 aromatic heterocycles. The Morgan fingerprint density at radius 1 is 1.27 bits per heavy atom. The van der Waals surface area contributed by atoms with Crippen LogP contribution in [0.1, 0.15) is 32.5 Å². The van der Waals surface area contributed by atoms with Gasteiger partial charge in [0.2, 0.25) is 0 Å². The third-order valence-corrected chi connectivity index (χ3v) is 3.63. The maximum absolute atomic E-state index is 13.5. The molecule has 116 valence electrons. The number of Topliss-reactive ketones (excluding diaryl/α,β-unsaturated/α-hetero) is 1. The SMILES string of the molecule is CC(=O)c1cnc(NC(=O)c2cc(C(F)(F)F)ccc2F)s1. The number of amides is 1. The second-order valence-corrected chi connectivity index (χ2v) is 5.26. The molecule has 9 heteroatoms. The zero-order chi connectivity index (χ0) is 16.5. The zero-order valence-electron chi connectivity index (χ0n) is 11.0. The molecule has 1 heterocycles. The molecule has 0 bridgehead atoms. The van der Waals surface area contributed by atoms with Gasteiger partial charge in [-0.3, -0.25) is 14.9 Å². The van der Waals surface area contributed by atoms with E-state index in [1.807, 2.05) is 0 Å². The summed E-state index contributed by atoms with van der Waals surface area (Å²) in [6, 6.07) is 1.54. The standard InChI is InChI=1S/C13H8F4N2O2S/c1-6(20)10-5-18-12(22-10)19-11(21)8-4-7(13(15,16)17)2-3-9(8)14/h2-5H,1H3,(H,18,19,21). The van der Waals surface area contributed by atoms with Crippen LogP contribution >= 0.6 is 11.3 Å². The van der Waals surface area contributed by atoms with Gasteiger partial charge in [0.1, 0.15) is 5.82 Å². The van der Waals surface area contributed by atoms with Crippen molar-refractivity contribution in [3.05, 3.63) is 46.2 Å². The Labute approximate surface area is 125 Å². The number of halogens is 4. The minimum Gasteiger partial charge on any atom is -0.298 e. The summed E-state index contributed by atoms with van der Waals surface area (Å²) in [6.45, 7) is 1.30. The number of nitrogens with one attached hydrogen (secondary N) is 1. The van der Waals surface area contributed by atoms with Crippen molar-refractivity contribution < 1.29 is 27.2 Å². The topological polar surface area (TPSA) is 59.1 Å². The molecule has 0 spiro atoms. The van der Waals surface area contributed by atoms with Crippen molar-refractivity contribution in [2.75, 3.05) is 5.32 Å². The molecule has 2 rings (SSSR count). The van der Waals surface area contributed by atoms with E-state index in [0.717, 1.165) is 11.3 Å². The van der Waals surface area contributed by atoms with Gasteiger partial charge >= 0.3 is 6.18 Å². The molecule has 2 aromatic rings. The lowest BCUT2D eigenvalue weighted by Crippen LogP contribution is -2.15. The lowest BCUT2D eigenvalue weighted by molar-refractivity contribution is -0.137. The second-order valence-electron chi connectivity index (χ2n) is 4.23. The highest BCUT2D eigenvalue weighted by Crippen LogP contribution is 2.30. The fourth-order valence-electron chi connectivity index (χ4n) is 1.53. The van der Waals surface area contributed by atoms with E-state index in [0.29, 0.717) is 18.2 Å². The molecule has 0 radical (unpaired) electrons. The van der Waals surface area contributed by atoms with Crippen LogP contribution in [0.2, 0.25) is 0 Å². The van der Waals surface area contributed by atoms with Crippen molar-refractivity contribution in [3.63, 3.8) is 0 Å². The average Bonchev–Trinajstić information content (AvgIpc) is 2.86. The van der Waals surface area contributed by atoms with E-state index >= 15 is 0 Å². The Morgan fingerprint density at radius 2 is 1.95 bits per heavy atom. The number of hydrogen-bond acceptors (Lipinski definition) is 4. The number of carbonyl (C=O) groups is 2.